The summed E-state index contributed by atoms with van der Waals surface area (Å²) in [4.78, 5) is 0. The van der Waals surface area contributed by atoms with Gasteiger partial charge in [-0.2, -0.15) is 0 Å². The van der Waals surface area contributed by atoms with E-state index >= 15 is 0 Å². The van der Waals surface area contributed by atoms with Crippen molar-refractivity contribution in [1.82, 2.24) is 0 Å². The fourth-order valence-corrected chi connectivity index (χ4v) is 0.792. The van der Waals surface area contributed by atoms with E-state index in [1.54, 1.807) is 0 Å². The van der Waals surface area contributed by atoms with Gasteiger partial charge in [-0.25, -0.2) is 0 Å². The summed E-state index contributed by atoms with van der Waals surface area (Å²) in [6.45, 7) is 2.96. The first-order chi connectivity index (χ1) is 3.91. The van der Waals surface area contributed by atoms with E-state index < -0.39 is 0 Å². The average Bonchev–Trinajstić information content (AvgIpc) is 1.81. The molecule has 0 bridgehead atoms. The first kappa shape index (κ1) is 8.35. The zero-order valence-corrected chi connectivity index (χ0v) is 7.17. The average molecular weight is 146 g/mol. The van der Waals surface area contributed by atoms with Crippen molar-refractivity contribution < 1.29 is 8.54 Å². The van der Waals surface area contributed by atoms with Gasteiger partial charge in [0.05, 0.1) is 0 Å². The Labute approximate surface area is 56.2 Å². The molecule has 0 aliphatic carbocycles. The summed E-state index contributed by atoms with van der Waals surface area (Å²) in [6, 6.07) is 0. The van der Waals surface area contributed by atoms with E-state index in [0.717, 1.165) is 13.0 Å². The predicted molar refractivity (Wildman–Crippen MR) is 34.8 cm³/mol. The van der Waals surface area contributed by atoms with Crippen molar-refractivity contribution in [3.05, 3.63) is 0 Å². The van der Waals surface area contributed by atoms with Gasteiger partial charge in [-0.1, -0.05) is 13.3 Å². The topological polar surface area (TPSA) is 18.5 Å². The summed E-state index contributed by atoms with van der Waals surface area (Å²) >= 11 is 0. The second-order valence-corrected chi connectivity index (χ2v) is 2.80. The maximum absolute atomic E-state index is 5.01. The molecule has 0 aliphatic heterocycles. The molecular formula is C4H10O2Si2. The monoisotopic (exact) mass is 146 g/mol. The Balaban J connectivity index is 2.53. The van der Waals surface area contributed by atoms with Gasteiger partial charge in [0.25, 0.3) is 0 Å². The molecule has 0 spiro atoms. The molecule has 0 fully saturated rings. The number of hydrogen-bond donors (Lipinski definition) is 0. The van der Waals surface area contributed by atoms with Crippen LogP contribution in [0.5, 0.6) is 0 Å². The molecule has 0 rings (SSSR count). The Morgan fingerprint density at radius 2 is 2.38 bits per heavy atom. The summed E-state index contributed by atoms with van der Waals surface area (Å²) in [5.41, 5.74) is 0. The minimum Gasteiger partial charge on any atom is -0.437 e. The van der Waals surface area contributed by atoms with E-state index in [4.69, 9.17) is 4.43 Å². The Hall–Kier alpha value is 0.354. The fourth-order valence-electron chi connectivity index (χ4n) is 0.292. The van der Waals surface area contributed by atoms with Crippen molar-refractivity contribution >= 4 is 20.5 Å². The highest BCUT2D eigenvalue weighted by Gasteiger charge is 1.86. The molecule has 4 heteroatoms. The maximum Gasteiger partial charge on any atom is 0.421 e. The van der Waals surface area contributed by atoms with Crippen molar-refractivity contribution in [3.8, 4) is 0 Å². The van der Waals surface area contributed by atoms with E-state index in [0.29, 0.717) is 0 Å². The number of hydrogen-bond acceptors (Lipinski definition) is 2. The summed E-state index contributed by atoms with van der Waals surface area (Å²) in [7, 11) is 2.34. The fraction of sp³-hybridized carbons (Fsp3) is 1.00. The Kier molecular flexibility index (Phi) is 7.68. The van der Waals surface area contributed by atoms with Gasteiger partial charge in [-0.05, 0) is 6.42 Å². The molecule has 0 heterocycles. The normalized spacial score (nSPS) is 9.75. The van der Waals surface area contributed by atoms with Crippen LogP contribution in [0.2, 0.25) is 0 Å². The minimum atomic E-state index is 0.188. The standard InChI is InChI=1S/C4H10O2Si2/c1-2-3-4-5-8-6-7/h7H,2-4H2,1H3. The molecule has 0 aromatic rings. The van der Waals surface area contributed by atoms with Crippen molar-refractivity contribution in [1.29, 1.82) is 0 Å². The number of unbranched alkanes of at least 4 members (excludes halogenated alkanes) is 1. The summed E-state index contributed by atoms with van der Waals surface area (Å²) < 4.78 is 9.62. The molecule has 0 aliphatic rings. The SMILES string of the molecule is CCCCO[Si]O[SiH]. The number of rotatable bonds is 5. The van der Waals surface area contributed by atoms with Crippen LogP contribution in [-0.4, -0.2) is 27.1 Å². The smallest absolute Gasteiger partial charge is 0.421 e. The molecule has 2 nitrogen and oxygen atoms in total. The van der Waals surface area contributed by atoms with Gasteiger partial charge >= 0.3 is 10.0 Å². The van der Waals surface area contributed by atoms with Crippen molar-refractivity contribution in [2.45, 2.75) is 19.8 Å². The van der Waals surface area contributed by atoms with Crippen LogP contribution in [0, 0.1) is 0 Å². The third-order valence-corrected chi connectivity index (χ3v) is 1.41. The molecule has 0 saturated carbocycles. The molecular weight excluding hydrogens is 136 g/mol. The van der Waals surface area contributed by atoms with Crippen molar-refractivity contribution in [2.75, 3.05) is 6.61 Å². The Morgan fingerprint density at radius 1 is 1.62 bits per heavy atom. The van der Waals surface area contributed by atoms with E-state index in [-0.39, 0.29) is 10.0 Å². The lowest BCUT2D eigenvalue weighted by molar-refractivity contribution is 0.288. The third kappa shape index (κ3) is 6.35. The first-order valence-corrected chi connectivity index (χ1v) is 3.93. The highest BCUT2D eigenvalue weighted by atomic mass is 28.3. The summed E-state index contributed by atoms with van der Waals surface area (Å²) in [5, 5.41) is 0. The lowest BCUT2D eigenvalue weighted by Crippen LogP contribution is -2.02. The highest BCUT2D eigenvalue weighted by Crippen LogP contribution is 1.85. The molecule has 0 unspecified atom stereocenters. The van der Waals surface area contributed by atoms with Crippen LogP contribution in [-0.2, 0) is 8.54 Å². The predicted octanol–water partition coefficient (Wildman–Crippen LogP) is 0.170. The van der Waals surface area contributed by atoms with Crippen LogP contribution in [0.3, 0.4) is 0 Å². The van der Waals surface area contributed by atoms with Crippen molar-refractivity contribution in [2.24, 2.45) is 0 Å². The van der Waals surface area contributed by atoms with Gasteiger partial charge in [0, 0.05) is 6.61 Å². The second kappa shape index (κ2) is 7.35. The van der Waals surface area contributed by atoms with Crippen LogP contribution < -0.4 is 0 Å². The van der Waals surface area contributed by atoms with Gasteiger partial charge in [-0.15, -0.1) is 0 Å². The molecule has 8 heavy (non-hydrogen) atoms. The molecule has 0 N–H and O–H groups in total. The van der Waals surface area contributed by atoms with E-state index in [9.17, 15) is 0 Å². The zero-order chi connectivity index (χ0) is 6.24. The third-order valence-electron chi connectivity index (χ3n) is 0.707. The molecule has 0 aromatic carbocycles. The summed E-state index contributed by atoms with van der Waals surface area (Å²) in [5.74, 6) is 0. The lowest BCUT2D eigenvalue weighted by Gasteiger charge is -1.96. The quantitative estimate of drug-likeness (QED) is 0.407. The largest absolute Gasteiger partial charge is 0.437 e. The van der Waals surface area contributed by atoms with Crippen LogP contribution in [0.15, 0.2) is 0 Å². The minimum absolute atomic E-state index is 0.188. The van der Waals surface area contributed by atoms with E-state index in [1.807, 2.05) is 0 Å². The maximum atomic E-state index is 5.01. The molecule has 0 saturated heterocycles. The van der Waals surface area contributed by atoms with Crippen LogP contribution in [0.25, 0.3) is 0 Å². The summed E-state index contributed by atoms with van der Waals surface area (Å²) in [6.07, 6.45) is 2.31. The first-order valence-electron chi connectivity index (χ1n) is 2.64. The second-order valence-electron chi connectivity index (χ2n) is 1.40. The Bertz CT molecular complexity index is 37.0. The van der Waals surface area contributed by atoms with Gasteiger partial charge in [0.1, 0.15) is 0 Å². The zero-order valence-electron chi connectivity index (χ0n) is 5.02. The molecule has 0 aromatic heterocycles. The van der Waals surface area contributed by atoms with Crippen molar-refractivity contribution in [3.63, 3.8) is 0 Å². The van der Waals surface area contributed by atoms with E-state index in [1.165, 1.54) is 6.42 Å². The van der Waals surface area contributed by atoms with E-state index in [2.05, 4.69) is 21.5 Å². The molecule has 4 radical (unpaired) electrons. The molecule has 0 atom stereocenters. The molecule has 0 amide bonds. The van der Waals surface area contributed by atoms with Gasteiger partial charge in [0.15, 0.2) is 10.5 Å². The lowest BCUT2D eigenvalue weighted by atomic mass is 10.4. The van der Waals surface area contributed by atoms with Gasteiger partial charge in [-0.3, -0.25) is 0 Å². The highest BCUT2D eigenvalue weighted by molar-refractivity contribution is 6.27. The van der Waals surface area contributed by atoms with Gasteiger partial charge in [0.2, 0.25) is 0 Å². The van der Waals surface area contributed by atoms with Crippen LogP contribution >= 0.6 is 0 Å². The molecule has 46 valence electrons. The van der Waals surface area contributed by atoms with Crippen LogP contribution in [0.4, 0.5) is 0 Å². The Morgan fingerprint density at radius 3 is 2.88 bits per heavy atom. The van der Waals surface area contributed by atoms with Crippen LogP contribution in [0.1, 0.15) is 19.8 Å². The van der Waals surface area contributed by atoms with Gasteiger partial charge < -0.3 is 8.54 Å².